The third kappa shape index (κ3) is 12.6. The number of nitrogens with zero attached hydrogens (tertiary/aromatic N) is 9. The lowest BCUT2D eigenvalue weighted by atomic mass is 9.90. The van der Waals surface area contributed by atoms with E-state index in [0.717, 1.165) is 78.8 Å². The average molecular weight is 1130 g/mol. The molecule has 0 radical (unpaired) electrons. The number of methoxy groups -OCH3 is 1. The molecule has 10 rings (SSSR count). The fourth-order valence-corrected chi connectivity index (χ4v) is 13.9. The first kappa shape index (κ1) is 56.6. The van der Waals surface area contributed by atoms with Crippen LogP contribution >= 0.6 is 21.6 Å². The number of carbonyl (C=O) groups is 4. The van der Waals surface area contributed by atoms with Crippen LogP contribution in [0.5, 0.6) is 5.75 Å². The van der Waals surface area contributed by atoms with Crippen molar-refractivity contribution in [3.8, 4) is 28.8 Å². The lowest BCUT2D eigenvalue weighted by Crippen LogP contribution is -2.55. The lowest BCUT2D eigenvalue weighted by Gasteiger charge is -2.43. The van der Waals surface area contributed by atoms with E-state index in [-0.39, 0.29) is 65.8 Å². The number of likely N-dealkylation sites (N-methyl/N-ethyl adjacent to an activating group) is 1. The number of amides is 4. The summed E-state index contributed by atoms with van der Waals surface area (Å²) in [6.45, 7) is 7.43. The zero-order valence-electron chi connectivity index (χ0n) is 46.1. The quantitative estimate of drug-likeness (QED) is 0.0305. The molecule has 1 saturated heterocycles. The minimum Gasteiger partial charge on any atom is -0.495 e. The number of imide groups is 1. The number of anilines is 4. The highest BCUT2D eigenvalue weighted by atomic mass is 33.1. The van der Waals surface area contributed by atoms with Gasteiger partial charge in [-0.15, -0.1) is 5.10 Å². The zero-order valence-corrected chi connectivity index (χ0v) is 47.7. The van der Waals surface area contributed by atoms with Gasteiger partial charge in [0.25, 0.3) is 0 Å². The second-order valence-electron chi connectivity index (χ2n) is 21.2. The summed E-state index contributed by atoms with van der Waals surface area (Å²) in [6, 6.07) is 21.0. The SMILES string of the molecule is CC[C@@H]1C(=O)N(C)c2cnc(Nc3ccc(-c4cn(C5CCC(N(CCOCCC#Cc6cccc7c6CN(C6CCC(=O)NC6=O)C7O)C(=O)OC(C)C(C)SSc6ccccc6)CC5)nn4)cc3OC)nc2N1C1CCCC1. The zero-order chi connectivity index (χ0) is 55.9. The van der Waals surface area contributed by atoms with Gasteiger partial charge in [-0.05, 0) is 101 Å². The molecule has 2 aliphatic carbocycles. The number of rotatable bonds is 19. The van der Waals surface area contributed by atoms with Crippen molar-refractivity contribution in [3.63, 3.8) is 0 Å². The predicted molar refractivity (Wildman–Crippen MR) is 308 cm³/mol. The van der Waals surface area contributed by atoms with E-state index in [0.29, 0.717) is 79.9 Å². The van der Waals surface area contributed by atoms with Crippen LogP contribution < -0.4 is 25.2 Å². The number of aliphatic hydroxyl groups is 1. The summed E-state index contributed by atoms with van der Waals surface area (Å²) in [5.74, 6) is 7.63. The predicted octanol–water partition coefficient (Wildman–Crippen LogP) is 9.20. The number of nitrogens with one attached hydrogen (secondary N) is 2. The fraction of sp³-hybridized carbons (Fsp3) is 0.492. The van der Waals surface area contributed by atoms with Gasteiger partial charge in [-0.2, -0.15) is 4.98 Å². The first-order chi connectivity index (χ1) is 38.9. The van der Waals surface area contributed by atoms with Crippen LogP contribution in [0.3, 0.4) is 0 Å². The van der Waals surface area contributed by atoms with Crippen molar-refractivity contribution in [2.75, 3.05) is 49.0 Å². The van der Waals surface area contributed by atoms with E-state index < -0.39 is 12.3 Å². The van der Waals surface area contributed by atoms with Gasteiger partial charge >= 0.3 is 6.09 Å². The monoisotopic (exact) mass is 1130 g/mol. The van der Waals surface area contributed by atoms with Crippen LogP contribution in [0.4, 0.5) is 27.9 Å². The molecular weight excluding hydrogens is 1050 g/mol. The molecule has 19 nitrogen and oxygen atoms in total. The molecule has 5 atom stereocenters. The Hall–Kier alpha value is -6.70. The summed E-state index contributed by atoms with van der Waals surface area (Å²) in [5.41, 5.74) is 5.29. The van der Waals surface area contributed by atoms with E-state index in [2.05, 4.69) is 68.7 Å². The molecule has 0 spiro atoms. The molecule has 3 aromatic carbocycles. The standard InChI is InChI=1S/C59H71N11O8S2/c1-6-49-57(74)66(4)51-34-60-58(63-54(51)70(49)43-17-10-11-18-43)61-47-27-22-40(33-52(47)76-5)48-36-69(65-64-48)42-25-23-41(24-26-42)67(59(75)78-37(2)38(3)79-80-44-19-8-7-9-20-44)30-32-77-31-13-12-15-39-16-14-21-45-46(39)35-68(56(45)73)50-28-29-53(71)62-55(50)72/h7-9,14,16,19-22,27,33-34,36-38,41-43,49-50,56,73H,6,10-11,13,17-18,23-26,28-32,35H2,1-5H3,(H,60,61,63)(H,62,71,72)/t37?,38?,41?,42?,49-,50?,56?/m1/s1. The molecule has 5 aliphatic rings. The molecule has 4 unspecified atom stereocenters. The molecule has 3 aliphatic heterocycles. The minimum absolute atomic E-state index is 0.0287. The molecular formula is C59H71N11O8S2. The van der Waals surface area contributed by atoms with Gasteiger partial charge in [0.1, 0.15) is 35.5 Å². The van der Waals surface area contributed by atoms with E-state index in [1.807, 2.05) is 77.3 Å². The number of piperidine rings is 1. The second-order valence-corrected chi connectivity index (χ2v) is 23.8. The molecule has 21 heteroatoms. The first-order valence-electron chi connectivity index (χ1n) is 28.0. The van der Waals surface area contributed by atoms with Crippen molar-refractivity contribution in [2.24, 2.45) is 0 Å². The molecule has 5 aromatic rings. The lowest BCUT2D eigenvalue weighted by molar-refractivity contribution is -0.141. The maximum Gasteiger partial charge on any atom is 0.410 e. The highest BCUT2D eigenvalue weighted by Crippen LogP contribution is 2.42. The third-order valence-corrected chi connectivity index (χ3v) is 19.2. The first-order valence-corrected chi connectivity index (χ1v) is 30.2. The van der Waals surface area contributed by atoms with Crippen molar-refractivity contribution in [1.29, 1.82) is 0 Å². The van der Waals surface area contributed by atoms with Gasteiger partial charge in [0, 0.05) is 71.9 Å². The normalized spacial score (nSPS) is 22.0. The van der Waals surface area contributed by atoms with Crippen LogP contribution in [0.1, 0.15) is 127 Å². The van der Waals surface area contributed by atoms with Gasteiger partial charge in [-0.25, -0.2) is 14.5 Å². The van der Waals surface area contributed by atoms with Crippen LogP contribution in [0.2, 0.25) is 0 Å². The van der Waals surface area contributed by atoms with Crippen molar-refractivity contribution >= 4 is 68.5 Å². The fourth-order valence-electron chi connectivity index (χ4n) is 11.6. The summed E-state index contributed by atoms with van der Waals surface area (Å²) in [5, 5.41) is 26.1. The highest BCUT2D eigenvalue weighted by Gasteiger charge is 2.43. The van der Waals surface area contributed by atoms with Gasteiger partial charge in [0.15, 0.2) is 5.82 Å². The summed E-state index contributed by atoms with van der Waals surface area (Å²) in [6.07, 6.45) is 11.1. The second kappa shape index (κ2) is 25.8. The molecule has 3 N–H and O–H groups in total. The van der Waals surface area contributed by atoms with Crippen LogP contribution in [-0.2, 0) is 30.4 Å². The van der Waals surface area contributed by atoms with Crippen molar-refractivity contribution in [3.05, 3.63) is 95.8 Å². The summed E-state index contributed by atoms with van der Waals surface area (Å²) < 4.78 is 20.1. The Labute approximate surface area is 475 Å². The highest BCUT2D eigenvalue weighted by molar-refractivity contribution is 8.77. The summed E-state index contributed by atoms with van der Waals surface area (Å²) >= 11 is 0. The average Bonchev–Trinajstić information content (AvgIpc) is 4.31. The minimum atomic E-state index is -0.966. The number of carbonyl (C=O) groups excluding carboxylic acids is 4. The smallest absolute Gasteiger partial charge is 0.410 e. The molecule has 2 aromatic heterocycles. The maximum atomic E-state index is 14.2. The number of benzene rings is 3. The van der Waals surface area contributed by atoms with Crippen LogP contribution in [0.25, 0.3) is 11.3 Å². The Bertz CT molecular complexity index is 3090. The molecule has 4 amide bonds. The summed E-state index contributed by atoms with van der Waals surface area (Å²) in [4.78, 5) is 70.3. The number of fused-ring (bicyclic) bond motifs is 2. The van der Waals surface area contributed by atoms with E-state index in [1.165, 1.54) is 0 Å². The van der Waals surface area contributed by atoms with E-state index in [9.17, 15) is 24.3 Å². The van der Waals surface area contributed by atoms with Crippen LogP contribution in [-0.4, -0.2) is 133 Å². The van der Waals surface area contributed by atoms with E-state index in [4.69, 9.17) is 19.2 Å². The Kier molecular flexibility index (Phi) is 18.3. The van der Waals surface area contributed by atoms with E-state index in [1.54, 1.807) is 51.7 Å². The topological polar surface area (TPSA) is 210 Å². The van der Waals surface area contributed by atoms with E-state index >= 15 is 0 Å². The molecule has 2 saturated carbocycles. The van der Waals surface area contributed by atoms with Gasteiger partial charge in [-0.1, -0.05) is 94.8 Å². The van der Waals surface area contributed by atoms with Crippen molar-refractivity contribution in [1.82, 2.24) is 40.1 Å². The Morgan fingerprint density at radius 3 is 2.54 bits per heavy atom. The Balaban J connectivity index is 0.759. The molecule has 422 valence electrons. The van der Waals surface area contributed by atoms with Crippen molar-refractivity contribution < 1.29 is 38.5 Å². The Morgan fingerprint density at radius 2 is 1.77 bits per heavy atom. The largest absolute Gasteiger partial charge is 0.495 e. The van der Waals surface area contributed by atoms with Crippen LogP contribution in [0.15, 0.2) is 84.0 Å². The molecule has 80 heavy (non-hydrogen) atoms. The number of hydrogen-bond acceptors (Lipinski definition) is 17. The van der Waals surface area contributed by atoms with Gasteiger partial charge in [-0.3, -0.25) is 24.6 Å². The third-order valence-electron chi connectivity index (χ3n) is 16.2. The van der Waals surface area contributed by atoms with Crippen LogP contribution in [0, 0.1) is 11.8 Å². The number of ether oxygens (including phenoxy) is 3. The summed E-state index contributed by atoms with van der Waals surface area (Å²) in [7, 11) is 6.77. The molecule has 0 bridgehead atoms. The molecule has 3 fully saturated rings. The Morgan fingerprint density at radius 1 is 0.975 bits per heavy atom. The van der Waals surface area contributed by atoms with Gasteiger partial charge in [0.2, 0.25) is 23.7 Å². The van der Waals surface area contributed by atoms with Gasteiger partial charge in [0.05, 0.1) is 50.5 Å². The maximum absolute atomic E-state index is 14.2. The van der Waals surface area contributed by atoms with Gasteiger partial charge < -0.3 is 39.3 Å². The number of hydrogen-bond donors (Lipinski definition) is 3. The number of aliphatic hydroxyl groups excluding tert-OH is 1. The molecule has 5 heterocycles. The van der Waals surface area contributed by atoms with Crippen molar-refractivity contribution in [2.45, 2.75) is 157 Å². The number of aromatic nitrogens is 5.